The van der Waals surface area contributed by atoms with Crippen LogP contribution in [0.4, 0.5) is 0 Å². The summed E-state index contributed by atoms with van der Waals surface area (Å²) in [5, 5.41) is 0.775. The van der Waals surface area contributed by atoms with E-state index in [4.69, 9.17) is 9.47 Å². The molecule has 2 aromatic carbocycles. The zero-order chi connectivity index (χ0) is 20.9. The molecule has 1 saturated heterocycles. The van der Waals surface area contributed by atoms with Crippen LogP contribution >= 0.6 is 0 Å². The van der Waals surface area contributed by atoms with Gasteiger partial charge in [0.25, 0.3) is 5.91 Å². The molecule has 1 fully saturated rings. The van der Waals surface area contributed by atoms with E-state index >= 15 is 0 Å². The Morgan fingerprint density at radius 1 is 1.00 bits per heavy atom. The Hall–Kier alpha value is -3.32. The lowest BCUT2D eigenvalue weighted by molar-refractivity contribution is 0.0622. The topological polar surface area (TPSA) is 74.9 Å². The van der Waals surface area contributed by atoms with Crippen molar-refractivity contribution >= 4 is 16.8 Å². The van der Waals surface area contributed by atoms with Crippen LogP contribution in [0.15, 0.2) is 59.4 Å². The summed E-state index contributed by atoms with van der Waals surface area (Å²) in [5.41, 5.74) is 0.889. The van der Waals surface area contributed by atoms with E-state index in [0.29, 0.717) is 30.8 Å². The number of H-pyrrole nitrogens is 1. The Morgan fingerprint density at radius 3 is 2.43 bits per heavy atom. The van der Waals surface area contributed by atoms with Crippen molar-refractivity contribution in [3.63, 3.8) is 0 Å². The molecule has 3 aromatic rings. The third kappa shape index (κ3) is 4.46. The molecule has 0 saturated carbocycles. The van der Waals surface area contributed by atoms with Crippen molar-refractivity contribution in [3.8, 4) is 11.5 Å². The fourth-order valence-corrected chi connectivity index (χ4v) is 3.69. The van der Waals surface area contributed by atoms with Gasteiger partial charge in [-0.1, -0.05) is 18.2 Å². The van der Waals surface area contributed by atoms with Crippen molar-refractivity contribution < 1.29 is 14.3 Å². The number of rotatable bonds is 6. The van der Waals surface area contributed by atoms with Crippen LogP contribution in [0, 0.1) is 0 Å². The van der Waals surface area contributed by atoms with E-state index in [9.17, 15) is 9.59 Å². The van der Waals surface area contributed by atoms with Crippen LogP contribution in [0.25, 0.3) is 10.9 Å². The average Bonchev–Trinajstić information content (AvgIpc) is 2.79. The highest BCUT2D eigenvalue weighted by atomic mass is 16.5. The van der Waals surface area contributed by atoms with Crippen LogP contribution in [-0.4, -0.2) is 67.1 Å². The SMILES string of the molecule is COc1ccc(OCCN2CCN(C(=O)c3cc(=O)[nH]c4ccccc34)CC2)cc1. The third-order valence-corrected chi connectivity index (χ3v) is 5.38. The highest BCUT2D eigenvalue weighted by Crippen LogP contribution is 2.18. The van der Waals surface area contributed by atoms with Crippen LogP contribution in [0.3, 0.4) is 0 Å². The number of amides is 1. The van der Waals surface area contributed by atoms with Crippen LogP contribution in [0.5, 0.6) is 11.5 Å². The molecule has 156 valence electrons. The van der Waals surface area contributed by atoms with Gasteiger partial charge in [-0.05, 0) is 30.3 Å². The van der Waals surface area contributed by atoms with Gasteiger partial charge in [-0.25, -0.2) is 0 Å². The zero-order valence-electron chi connectivity index (χ0n) is 17.0. The minimum absolute atomic E-state index is 0.0913. The first kappa shape index (κ1) is 20.0. The Kier molecular flexibility index (Phi) is 5.99. The number of carbonyl (C=O) groups excluding carboxylic acids is 1. The molecule has 7 nitrogen and oxygen atoms in total. The van der Waals surface area contributed by atoms with Crippen LogP contribution < -0.4 is 15.0 Å². The summed E-state index contributed by atoms with van der Waals surface area (Å²) >= 11 is 0. The summed E-state index contributed by atoms with van der Waals surface area (Å²) in [5.74, 6) is 1.52. The van der Waals surface area contributed by atoms with Crippen molar-refractivity contribution in [2.24, 2.45) is 0 Å². The van der Waals surface area contributed by atoms with Crippen molar-refractivity contribution in [3.05, 3.63) is 70.5 Å². The van der Waals surface area contributed by atoms with E-state index in [-0.39, 0.29) is 11.5 Å². The normalized spacial score (nSPS) is 14.6. The molecule has 2 heterocycles. The maximum absolute atomic E-state index is 13.0. The van der Waals surface area contributed by atoms with Gasteiger partial charge in [0, 0.05) is 49.7 Å². The van der Waals surface area contributed by atoms with Gasteiger partial charge >= 0.3 is 0 Å². The van der Waals surface area contributed by atoms with Gasteiger partial charge in [0.05, 0.1) is 12.7 Å². The Morgan fingerprint density at radius 2 is 1.70 bits per heavy atom. The maximum atomic E-state index is 13.0. The van der Waals surface area contributed by atoms with Gasteiger partial charge < -0.3 is 19.4 Å². The van der Waals surface area contributed by atoms with E-state index in [1.807, 2.05) is 53.4 Å². The predicted molar refractivity (Wildman–Crippen MR) is 115 cm³/mol. The Balaban J connectivity index is 1.31. The monoisotopic (exact) mass is 407 g/mol. The second-order valence-corrected chi connectivity index (χ2v) is 7.25. The molecular weight excluding hydrogens is 382 g/mol. The number of fused-ring (bicyclic) bond motifs is 1. The van der Waals surface area contributed by atoms with Crippen LogP contribution in [-0.2, 0) is 0 Å². The number of methoxy groups -OCH3 is 1. The summed E-state index contributed by atoms with van der Waals surface area (Å²) in [4.78, 5) is 31.9. The highest BCUT2D eigenvalue weighted by Gasteiger charge is 2.23. The number of pyridine rings is 1. The molecule has 1 aromatic heterocycles. The summed E-state index contributed by atoms with van der Waals surface area (Å²) < 4.78 is 10.9. The Labute approximate surface area is 174 Å². The summed E-state index contributed by atoms with van der Waals surface area (Å²) in [6, 6.07) is 16.3. The largest absolute Gasteiger partial charge is 0.497 e. The lowest BCUT2D eigenvalue weighted by Crippen LogP contribution is -2.49. The van der Waals surface area contributed by atoms with E-state index in [2.05, 4.69) is 9.88 Å². The first-order chi connectivity index (χ1) is 14.6. The number of hydrogen-bond acceptors (Lipinski definition) is 5. The number of piperazine rings is 1. The van der Waals surface area contributed by atoms with Gasteiger partial charge in [0.2, 0.25) is 5.56 Å². The number of ether oxygens (including phenoxy) is 2. The summed E-state index contributed by atoms with van der Waals surface area (Å²) in [6.45, 7) is 4.18. The smallest absolute Gasteiger partial charge is 0.254 e. The Bertz CT molecular complexity index is 1070. The molecule has 0 aliphatic carbocycles. The molecule has 1 aliphatic rings. The molecule has 4 rings (SSSR count). The predicted octanol–water partition coefficient (Wildman–Crippen LogP) is 2.37. The molecular formula is C23H25N3O4. The van der Waals surface area contributed by atoms with Crippen LogP contribution in [0.1, 0.15) is 10.4 Å². The van der Waals surface area contributed by atoms with Gasteiger partial charge in [0.15, 0.2) is 0 Å². The zero-order valence-corrected chi connectivity index (χ0v) is 17.0. The molecule has 0 unspecified atom stereocenters. The third-order valence-electron chi connectivity index (χ3n) is 5.38. The number of hydrogen-bond donors (Lipinski definition) is 1. The lowest BCUT2D eigenvalue weighted by atomic mass is 10.1. The molecule has 0 spiro atoms. The van der Waals surface area contributed by atoms with Gasteiger partial charge in [0.1, 0.15) is 18.1 Å². The molecule has 0 radical (unpaired) electrons. The number of benzene rings is 2. The van der Waals surface area contributed by atoms with Crippen molar-refractivity contribution in [1.82, 2.24) is 14.8 Å². The molecule has 1 amide bonds. The molecule has 0 atom stereocenters. The first-order valence-corrected chi connectivity index (χ1v) is 10.0. The van der Waals surface area contributed by atoms with Crippen molar-refractivity contribution in [1.29, 1.82) is 0 Å². The molecule has 7 heteroatoms. The molecule has 1 aliphatic heterocycles. The minimum atomic E-state index is -0.258. The van der Waals surface area contributed by atoms with Crippen molar-refractivity contribution in [2.45, 2.75) is 0 Å². The van der Waals surface area contributed by atoms with E-state index in [1.165, 1.54) is 6.07 Å². The number of nitrogens with zero attached hydrogens (tertiary/aromatic N) is 2. The second kappa shape index (κ2) is 9.00. The van der Waals surface area contributed by atoms with E-state index < -0.39 is 0 Å². The first-order valence-electron chi connectivity index (χ1n) is 10.0. The van der Waals surface area contributed by atoms with Crippen molar-refractivity contribution in [2.75, 3.05) is 46.4 Å². The summed E-state index contributed by atoms with van der Waals surface area (Å²) in [7, 11) is 1.64. The fraction of sp³-hybridized carbons (Fsp3) is 0.304. The lowest BCUT2D eigenvalue weighted by Gasteiger charge is -2.34. The average molecular weight is 407 g/mol. The molecule has 30 heavy (non-hydrogen) atoms. The number of carbonyl (C=O) groups is 1. The van der Waals surface area contributed by atoms with E-state index in [1.54, 1.807) is 7.11 Å². The summed E-state index contributed by atoms with van der Waals surface area (Å²) in [6.07, 6.45) is 0. The van der Waals surface area contributed by atoms with Gasteiger partial charge in [-0.2, -0.15) is 0 Å². The number of aromatic amines is 1. The number of nitrogens with one attached hydrogen (secondary N) is 1. The molecule has 1 N–H and O–H groups in total. The van der Waals surface area contributed by atoms with Gasteiger partial charge in [-0.15, -0.1) is 0 Å². The number of para-hydroxylation sites is 1. The maximum Gasteiger partial charge on any atom is 0.254 e. The highest BCUT2D eigenvalue weighted by molar-refractivity contribution is 6.05. The minimum Gasteiger partial charge on any atom is -0.497 e. The van der Waals surface area contributed by atoms with E-state index in [0.717, 1.165) is 36.5 Å². The quantitative estimate of drug-likeness (QED) is 0.679. The van der Waals surface area contributed by atoms with Crippen LogP contribution in [0.2, 0.25) is 0 Å². The second-order valence-electron chi connectivity index (χ2n) is 7.25. The number of aromatic nitrogens is 1. The van der Waals surface area contributed by atoms with Gasteiger partial charge in [-0.3, -0.25) is 14.5 Å². The fourth-order valence-electron chi connectivity index (χ4n) is 3.69. The molecule has 0 bridgehead atoms. The standard InChI is InChI=1S/C23H25N3O4/c1-29-17-6-8-18(9-7-17)30-15-14-25-10-12-26(13-11-25)23(28)20-16-22(27)24-21-5-3-2-4-19(20)21/h2-9,16H,10-15H2,1H3,(H,24,27).